The highest BCUT2D eigenvalue weighted by Gasteiger charge is 2.38. The van der Waals surface area contributed by atoms with Gasteiger partial charge in [-0.3, -0.25) is 4.79 Å². The van der Waals surface area contributed by atoms with Gasteiger partial charge in [0.25, 0.3) is 5.91 Å². The number of rotatable bonds is 4. The summed E-state index contributed by atoms with van der Waals surface area (Å²) in [4.78, 5) is 24.2. The molecule has 1 aliphatic rings. The molecule has 1 amide bonds. The number of carbonyl (C=O) groups excluding carboxylic acids is 1. The Morgan fingerprint density at radius 2 is 2.20 bits per heavy atom. The highest BCUT2D eigenvalue weighted by atomic mass is 79.9. The molecule has 1 aromatic rings. The number of carbonyl (C=O) groups is 2. The van der Waals surface area contributed by atoms with Gasteiger partial charge < -0.3 is 19.8 Å². The highest BCUT2D eigenvalue weighted by Crippen LogP contribution is 2.20. The predicted octanol–water partition coefficient (Wildman–Crippen LogP) is 0.874. The van der Waals surface area contributed by atoms with E-state index in [4.69, 9.17) is 9.84 Å². The number of hydrogen-bond donors (Lipinski definition) is 2. The number of carboxylic acids is 1. The van der Waals surface area contributed by atoms with E-state index in [1.807, 2.05) is 6.07 Å². The van der Waals surface area contributed by atoms with Gasteiger partial charge in [-0.15, -0.1) is 0 Å². The van der Waals surface area contributed by atoms with Gasteiger partial charge in [-0.25, -0.2) is 4.79 Å². The number of β-amino-alcohol motifs (C(OH)–C–C–N with tert-alkyl or cyclic N) is 1. The van der Waals surface area contributed by atoms with Gasteiger partial charge in [0.2, 0.25) is 0 Å². The first-order valence-corrected chi connectivity index (χ1v) is 6.85. The average Bonchev–Trinajstić information content (AvgIpc) is 2.78. The Bertz CT molecular complexity index is 521. The van der Waals surface area contributed by atoms with Crippen LogP contribution in [0.15, 0.2) is 28.7 Å². The fraction of sp³-hybridized carbons (Fsp3) is 0.385. The molecule has 7 heteroatoms. The van der Waals surface area contributed by atoms with Gasteiger partial charge >= 0.3 is 5.97 Å². The molecular formula is C13H14BrNO5. The van der Waals surface area contributed by atoms with Gasteiger partial charge in [0.1, 0.15) is 11.8 Å². The van der Waals surface area contributed by atoms with Crippen LogP contribution in [0.25, 0.3) is 0 Å². The van der Waals surface area contributed by atoms with E-state index in [1.54, 1.807) is 18.2 Å². The zero-order valence-electron chi connectivity index (χ0n) is 10.5. The number of benzene rings is 1. The lowest BCUT2D eigenvalue weighted by Gasteiger charge is -2.21. The fourth-order valence-electron chi connectivity index (χ4n) is 2.11. The molecule has 0 radical (unpaired) electrons. The number of ether oxygens (including phenoxy) is 1. The Kier molecular flexibility index (Phi) is 4.61. The maximum absolute atomic E-state index is 12.0. The fourth-order valence-corrected chi connectivity index (χ4v) is 2.49. The van der Waals surface area contributed by atoms with Crippen molar-refractivity contribution in [2.45, 2.75) is 18.6 Å². The van der Waals surface area contributed by atoms with Gasteiger partial charge in [0.15, 0.2) is 6.61 Å². The molecule has 6 nitrogen and oxygen atoms in total. The van der Waals surface area contributed by atoms with E-state index in [2.05, 4.69) is 15.9 Å². The minimum Gasteiger partial charge on any atom is -0.484 e. The molecule has 1 fully saturated rings. The molecular weight excluding hydrogens is 330 g/mol. The van der Waals surface area contributed by atoms with Crippen molar-refractivity contribution in [1.29, 1.82) is 0 Å². The monoisotopic (exact) mass is 343 g/mol. The molecule has 108 valence electrons. The zero-order chi connectivity index (χ0) is 14.7. The van der Waals surface area contributed by atoms with E-state index < -0.39 is 24.0 Å². The summed E-state index contributed by atoms with van der Waals surface area (Å²) in [6.45, 7) is -0.232. The largest absolute Gasteiger partial charge is 0.484 e. The first kappa shape index (κ1) is 14.8. The maximum atomic E-state index is 12.0. The number of likely N-dealkylation sites (tertiary alicyclic amines) is 1. The summed E-state index contributed by atoms with van der Waals surface area (Å²) >= 11 is 3.29. The van der Waals surface area contributed by atoms with Crippen molar-refractivity contribution < 1.29 is 24.5 Å². The summed E-state index contributed by atoms with van der Waals surface area (Å²) < 4.78 is 6.15. The lowest BCUT2D eigenvalue weighted by molar-refractivity contribution is -0.148. The third kappa shape index (κ3) is 3.49. The predicted molar refractivity (Wildman–Crippen MR) is 73.4 cm³/mol. The van der Waals surface area contributed by atoms with Crippen LogP contribution in [0.5, 0.6) is 5.75 Å². The van der Waals surface area contributed by atoms with Crippen molar-refractivity contribution in [2.24, 2.45) is 0 Å². The third-order valence-corrected chi connectivity index (χ3v) is 3.54. The van der Waals surface area contributed by atoms with Crippen LogP contribution in [0.1, 0.15) is 6.42 Å². The van der Waals surface area contributed by atoms with Crippen LogP contribution in [0.3, 0.4) is 0 Å². The Balaban J connectivity index is 1.96. The molecule has 1 aromatic carbocycles. The van der Waals surface area contributed by atoms with E-state index in [-0.39, 0.29) is 19.6 Å². The molecule has 0 aliphatic carbocycles. The SMILES string of the molecule is O=C(O)C1CC(O)CN1C(=O)COc1cccc(Br)c1. The molecule has 2 N–H and O–H groups in total. The quantitative estimate of drug-likeness (QED) is 0.847. The van der Waals surface area contributed by atoms with E-state index in [0.29, 0.717) is 5.75 Å². The summed E-state index contributed by atoms with van der Waals surface area (Å²) in [5.41, 5.74) is 0. The number of amides is 1. The first-order chi connectivity index (χ1) is 9.47. The summed E-state index contributed by atoms with van der Waals surface area (Å²) in [7, 11) is 0. The van der Waals surface area contributed by atoms with Crippen molar-refractivity contribution in [2.75, 3.05) is 13.2 Å². The summed E-state index contributed by atoms with van der Waals surface area (Å²) in [6.07, 6.45) is -0.747. The maximum Gasteiger partial charge on any atom is 0.326 e. The van der Waals surface area contributed by atoms with Gasteiger partial charge in [0, 0.05) is 17.4 Å². The second-order valence-corrected chi connectivity index (χ2v) is 5.45. The van der Waals surface area contributed by atoms with Crippen LogP contribution in [-0.2, 0) is 9.59 Å². The number of aliphatic carboxylic acids is 1. The van der Waals surface area contributed by atoms with E-state index in [0.717, 1.165) is 9.37 Å². The topological polar surface area (TPSA) is 87.1 Å². The molecule has 20 heavy (non-hydrogen) atoms. The Morgan fingerprint density at radius 3 is 2.85 bits per heavy atom. The second-order valence-electron chi connectivity index (χ2n) is 4.54. The van der Waals surface area contributed by atoms with Gasteiger partial charge in [0.05, 0.1) is 6.10 Å². The number of aliphatic hydroxyl groups is 1. The van der Waals surface area contributed by atoms with Crippen molar-refractivity contribution in [3.63, 3.8) is 0 Å². The molecule has 1 aliphatic heterocycles. The number of hydrogen-bond acceptors (Lipinski definition) is 4. The average molecular weight is 344 g/mol. The number of carboxylic acid groups (broad SMARTS) is 1. The van der Waals surface area contributed by atoms with Crippen LogP contribution in [0.2, 0.25) is 0 Å². The van der Waals surface area contributed by atoms with Crippen LogP contribution in [-0.4, -0.2) is 52.3 Å². The van der Waals surface area contributed by atoms with E-state index in [1.165, 1.54) is 0 Å². The Hall–Kier alpha value is -1.60. The molecule has 0 saturated carbocycles. The molecule has 0 aromatic heterocycles. The molecule has 2 rings (SSSR count). The van der Waals surface area contributed by atoms with Gasteiger partial charge in [-0.2, -0.15) is 0 Å². The van der Waals surface area contributed by atoms with Crippen LogP contribution < -0.4 is 4.74 Å². The Morgan fingerprint density at radius 1 is 1.45 bits per heavy atom. The van der Waals surface area contributed by atoms with Crippen molar-refractivity contribution in [3.8, 4) is 5.75 Å². The van der Waals surface area contributed by atoms with Crippen LogP contribution in [0, 0.1) is 0 Å². The normalized spacial score (nSPS) is 21.8. The standard InChI is InChI=1S/C13H14BrNO5/c14-8-2-1-3-10(4-8)20-7-12(17)15-6-9(16)5-11(15)13(18)19/h1-4,9,11,16H,5-7H2,(H,18,19). The van der Waals surface area contributed by atoms with E-state index in [9.17, 15) is 14.7 Å². The van der Waals surface area contributed by atoms with Gasteiger partial charge in [-0.05, 0) is 18.2 Å². The molecule has 1 heterocycles. The minimum atomic E-state index is -1.11. The second kappa shape index (κ2) is 6.23. The third-order valence-electron chi connectivity index (χ3n) is 3.04. The number of halogens is 1. The summed E-state index contributed by atoms with van der Waals surface area (Å²) in [6, 6.07) is 6.02. The van der Waals surface area contributed by atoms with Crippen molar-refractivity contribution >= 4 is 27.8 Å². The molecule has 2 atom stereocenters. The summed E-state index contributed by atoms with van der Waals surface area (Å²) in [5.74, 6) is -1.05. The first-order valence-electron chi connectivity index (χ1n) is 6.06. The lowest BCUT2D eigenvalue weighted by Crippen LogP contribution is -2.42. The number of nitrogens with zero attached hydrogens (tertiary/aromatic N) is 1. The molecule has 1 saturated heterocycles. The Labute approximate surface area is 124 Å². The molecule has 0 bridgehead atoms. The zero-order valence-corrected chi connectivity index (χ0v) is 12.1. The smallest absolute Gasteiger partial charge is 0.326 e. The molecule has 2 unspecified atom stereocenters. The van der Waals surface area contributed by atoms with Crippen molar-refractivity contribution in [3.05, 3.63) is 28.7 Å². The number of aliphatic hydroxyl groups excluding tert-OH is 1. The lowest BCUT2D eigenvalue weighted by atomic mass is 10.2. The van der Waals surface area contributed by atoms with Crippen molar-refractivity contribution in [1.82, 2.24) is 4.90 Å². The molecule has 0 spiro atoms. The van der Waals surface area contributed by atoms with Crippen LogP contribution >= 0.6 is 15.9 Å². The summed E-state index contributed by atoms with van der Waals surface area (Å²) in [5, 5.41) is 18.5. The highest BCUT2D eigenvalue weighted by molar-refractivity contribution is 9.10. The van der Waals surface area contributed by atoms with Gasteiger partial charge in [-0.1, -0.05) is 22.0 Å². The van der Waals surface area contributed by atoms with Crippen LogP contribution in [0.4, 0.5) is 0 Å². The van der Waals surface area contributed by atoms with E-state index >= 15 is 0 Å². The minimum absolute atomic E-state index is 0.0254.